The first-order valence-corrected chi connectivity index (χ1v) is 6.00. The maximum atomic E-state index is 8.52. The summed E-state index contributed by atoms with van der Waals surface area (Å²) in [7, 11) is -15.5. The minimum Gasteiger partial charge on any atom is -0.759 e. The van der Waals surface area contributed by atoms with Crippen molar-refractivity contribution in [3.63, 3.8) is 0 Å². The molecule has 0 spiro atoms. The largest absolute Gasteiger partial charge is 4.00 e. The Balaban J connectivity index is -0.0000000400. The summed E-state index contributed by atoms with van der Waals surface area (Å²) in [6, 6.07) is 0. The van der Waals surface area contributed by atoms with Crippen LogP contribution in [0.4, 0.5) is 0 Å². The zero-order valence-electron chi connectivity index (χ0n) is 7.33. The van der Waals surface area contributed by atoms with Crippen LogP contribution in [0.25, 0.3) is 0 Å². The van der Waals surface area contributed by atoms with E-state index in [0.29, 0.717) is 0 Å². The normalized spacial score (nSPS) is 10.2. The van der Waals surface area contributed by atoms with Crippen LogP contribution in [0.5, 0.6) is 0 Å². The Labute approximate surface area is 132 Å². The van der Waals surface area contributed by atoms with Crippen molar-refractivity contribution < 1.29 is 78.8 Å². The fraction of sp³-hybridized carbons (Fsp3) is 0. The summed E-state index contributed by atoms with van der Waals surface area (Å²) in [5, 5.41) is 0. The van der Waals surface area contributed by atoms with Crippen molar-refractivity contribution in [2.45, 2.75) is 0 Å². The molecule has 0 radical (unpaired) electrons. The Bertz CT molecular complexity index is 343. The molecule has 17 heteroatoms. The molecule has 17 heavy (non-hydrogen) atoms. The van der Waals surface area contributed by atoms with E-state index in [0.717, 1.165) is 0 Å². The predicted molar refractivity (Wildman–Crippen MR) is 37.2 cm³/mol. The van der Waals surface area contributed by atoms with Crippen LogP contribution in [0.3, 0.4) is 0 Å². The van der Waals surface area contributed by atoms with E-state index in [4.69, 9.17) is 52.6 Å². The maximum Gasteiger partial charge on any atom is 4.00 e. The first-order chi connectivity index (χ1) is 6.00. The fourth-order valence-corrected chi connectivity index (χ4v) is 0. The van der Waals surface area contributed by atoms with Crippen molar-refractivity contribution in [1.29, 1.82) is 0 Å². The van der Waals surface area contributed by atoms with Crippen LogP contribution in [0, 0.1) is 0 Å². The van der Waals surface area contributed by atoms with Gasteiger partial charge in [0.25, 0.3) is 0 Å². The van der Waals surface area contributed by atoms with Gasteiger partial charge in [0, 0.05) is 31.2 Å². The van der Waals surface area contributed by atoms with Crippen molar-refractivity contribution in [3.8, 4) is 0 Å². The third kappa shape index (κ3) is 2530. The molecule has 0 saturated carbocycles. The van der Waals surface area contributed by atoms with E-state index in [1.807, 2.05) is 0 Å². The average molecular weight is 404 g/mol. The third-order valence-corrected chi connectivity index (χ3v) is 0. The van der Waals surface area contributed by atoms with Crippen molar-refractivity contribution in [1.82, 2.24) is 0 Å². The third-order valence-electron chi connectivity index (χ3n) is 0. The molecule has 12 nitrogen and oxygen atoms in total. The zero-order valence-corrected chi connectivity index (χ0v) is 13.7. The first kappa shape index (κ1) is 30.9. The van der Waals surface area contributed by atoms with E-state index in [1.54, 1.807) is 0 Å². The fourth-order valence-electron chi connectivity index (χ4n) is 0. The second-order valence-corrected chi connectivity index (χ2v) is 3.67. The summed E-state index contributed by atoms with van der Waals surface area (Å²) in [6.07, 6.45) is 0. The molecule has 0 heterocycles. The van der Waals surface area contributed by atoms with Crippen LogP contribution in [-0.4, -0.2) is 75.6 Å². The van der Waals surface area contributed by atoms with Gasteiger partial charge in [-0.3, -0.25) is 25.3 Å². The molecule has 0 unspecified atom stereocenters. The summed E-state index contributed by atoms with van der Waals surface area (Å²) in [6.45, 7) is 0. The van der Waals surface area contributed by atoms with Crippen LogP contribution in [0.15, 0.2) is 0 Å². The second kappa shape index (κ2) is 12.3. The molecule has 0 amide bonds. The quantitative estimate of drug-likeness (QED) is 0.211. The van der Waals surface area contributed by atoms with Gasteiger partial charge in [0.15, 0.2) is 0 Å². The number of hydrogen-bond acceptors (Lipinski definition) is 12. The number of hydrogen-bond donors (Lipinski definition) is 0. The van der Waals surface area contributed by atoms with Gasteiger partial charge >= 0.3 is 49.3 Å². The summed E-state index contributed by atoms with van der Waals surface area (Å²) in [5.74, 6) is 0. The average Bonchev–Trinajstić information content (AvgIpc) is 1.41. The Morgan fingerprint density at radius 2 is 0.471 bits per heavy atom. The van der Waals surface area contributed by atoms with Crippen molar-refractivity contribution >= 4 is 54.2 Å². The SMILES string of the molecule is O=S(=O)([O-])[O-].O=S(=O)([O-])[O-].O=S(=O)([O-])[O-].[Mg+2].[Zr+4]. The summed E-state index contributed by atoms with van der Waals surface area (Å²) >= 11 is 0. The second-order valence-electron chi connectivity index (χ2n) is 1.22. The molecule has 0 aliphatic rings. The number of rotatable bonds is 0. The van der Waals surface area contributed by atoms with Crippen molar-refractivity contribution in [3.05, 3.63) is 0 Å². The van der Waals surface area contributed by atoms with E-state index in [2.05, 4.69) is 0 Å². The molecule has 96 valence electrons. The van der Waals surface area contributed by atoms with Gasteiger partial charge in [0.05, 0.1) is 0 Å². The van der Waals surface area contributed by atoms with Gasteiger partial charge in [-0.15, -0.1) is 0 Å². The van der Waals surface area contributed by atoms with Gasteiger partial charge < -0.3 is 27.3 Å². The Morgan fingerprint density at radius 3 is 0.471 bits per heavy atom. The van der Waals surface area contributed by atoms with E-state index in [9.17, 15) is 0 Å². The van der Waals surface area contributed by atoms with Crippen LogP contribution < -0.4 is 0 Å². The van der Waals surface area contributed by atoms with Crippen LogP contribution >= 0.6 is 0 Å². The van der Waals surface area contributed by atoms with Gasteiger partial charge in [-0.05, 0) is 0 Å². The molecule has 0 saturated heterocycles. The molecule has 0 fully saturated rings. The summed E-state index contributed by atoms with van der Waals surface area (Å²) < 4.78 is 102. The van der Waals surface area contributed by atoms with Gasteiger partial charge in [-0.1, -0.05) is 0 Å². The van der Waals surface area contributed by atoms with Crippen LogP contribution in [0.2, 0.25) is 0 Å². The Hall–Kier alpha value is 1.26. The monoisotopic (exact) mass is 402 g/mol. The Kier molecular flexibility index (Phi) is 22.4. The predicted octanol–water partition coefficient (Wildman–Crippen LogP) is -4.40. The standard InChI is InChI=1S/Mg.3H2O4S.Zr/c;3*1-5(2,3)4;/h;3*(H2,1,2,3,4);/q+2;;;;+4/p-6. The molecule has 0 aromatic carbocycles. The molecule has 0 aromatic heterocycles. The Morgan fingerprint density at radius 1 is 0.471 bits per heavy atom. The van der Waals surface area contributed by atoms with Crippen LogP contribution in [0.1, 0.15) is 0 Å². The van der Waals surface area contributed by atoms with Crippen molar-refractivity contribution in [2.24, 2.45) is 0 Å². The molecule has 0 atom stereocenters. The molecule has 0 rings (SSSR count). The maximum absolute atomic E-state index is 8.52. The molecule has 0 aliphatic heterocycles. The van der Waals surface area contributed by atoms with E-state index < -0.39 is 31.2 Å². The van der Waals surface area contributed by atoms with Crippen LogP contribution in [-0.2, 0) is 57.4 Å². The molecule has 0 N–H and O–H groups in total. The van der Waals surface area contributed by atoms with Crippen molar-refractivity contribution in [2.75, 3.05) is 0 Å². The van der Waals surface area contributed by atoms with E-state index >= 15 is 0 Å². The van der Waals surface area contributed by atoms with Gasteiger partial charge in [0.1, 0.15) is 0 Å². The van der Waals surface area contributed by atoms with E-state index in [1.165, 1.54) is 0 Å². The smallest absolute Gasteiger partial charge is 0.759 e. The first-order valence-electron chi connectivity index (χ1n) is 2.00. The summed E-state index contributed by atoms with van der Waals surface area (Å²) in [4.78, 5) is 0. The molecular formula is MgO12S3Zr. The summed E-state index contributed by atoms with van der Waals surface area (Å²) in [5.41, 5.74) is 0. The molecule has 0 aromatic rings. The van der Waals surface area contributed by atoms with E-state index in [-0.39, 0.29) is 49.3 Å². The van der Waals surface area contributed by atoms with Gasteiger partial charge in [-0.25, -0.2) is 0 Å². The zero-order chi connectivity index (χ0) is 13.5. The minimum atomic E-state index is -5.17. The minimum absolute atomic E-state index is 0. The molecule has 0 aliphatic carbocycles. The van der Waals surface area contributed by atoms with Gasteiger partial charge in [-0.2, -0.15) is 0 Å². The molecule has 0 bridgehead atoms. The molecular weight excluding hydrogens is 404 g/mol. The van der Waals surface area contributed by atoms with Gasteiger partial charge in [0.2, 0.25) is 0 Å². The topological polar surface area (TPSA) is 241 Å².